The summed E-state index contributed by atoms with van der Waals surface area (Å²) in [4.78, 5) is 14.5. The number of benzene rings is 2. The fourth-order valence-corrected chi connectivity index (χ4v) is 2.86. The number of para-hydroxylation sites is 1. The van der Waals surface area contributed by atoms with Gasteiger partial charge in [-0.25, -0.2) is 0 Å². The second kappa shape index (κ2) is 4.71. The maximum atomic E-state index is 12.7. The number of carbonyl (C=O) groups is 1. The van der Waals surface area contributed by atoms with Crippen molar-refractivity contribution in [1.82, 2.24) is 0 Å². The van der Waals surface area contributed by atoms with E-state index in [4.69, 9.17) is 11.6 Å². The largest absolute Gasteiger partial charge is 0.305 e. The number of fused-ring (bicyclic) bond motifs is 1. The number of carbonyl (C=O) groups excluding carboxylic acids is 1. The van der Waals surface area contributed by atoms with Crippen molar-refractivity contribution in [1.29, 1.82) is 0 Å². The number of anilines is 1. The number of nitrogens with zero attached hydrogens (tertiary/aromatic N) is 1. The zero-order valence-electron chi connectivity index (χ0n) is 10.6. The van der Waals surface area contributed by atoms with Crippen molar-refractivity contribution in [2.75, 3.05) is 4.90 Å². The van der Waals surface area contributed by atoms with Crippen molar-refractivity contribution in [3.05, 3.63) is 64.7 Å². The lowest BCUT2D eigenvalue weighted by molar-refractivity contribution is 0.0981. The molecule has 0 radical (unpaired) electrons. The van der Waals surface area contributed by atoms with Crippen molar-refractivity contribution in [3.8, 4) is 0 Å². The van der Waals surface area contributed by atoms with E-state index in [1.807, 2.05) is 35.2 Å². The maximum Gasteiger partial charge on any atom is 0.260 e. The Morgan fingerprint density at radius 2 is 1.84 bits per heavy atom. The van der Waals surface area contributed by atoms with E-state index in [1.165, 1.54) is 5.56 Å². The van der Waals surface area contributed by atoms with E-state index in [2.05, 4.69) is 13.0 Å². The highest BCUT2D eigenvalue weighted by Crippen LogP contribution is 2.33. The Hall–Kier alpha value is -1.80. The molecular formula is C16H14ClNO. The molecule has 0 unspecified atom stereocenters. The van der Waals surface area contributed by atoms with Gasteiger partial charge in [0.1, 0.15) is 0 Å². The monoisotopic (exact) mass is 271 g/mol. The van der Waals surface area contributed by atoms with Crippen molar-refractivity contribution >= 4 is 23.2 Å². The van der Waals surface area contributed by atoms with Gasteiger partial charge in [0.15, 0.2) is 0 Å². The van der Waals surface area contributed by atoms with Crippen molar-refractivity contribution in [2.45, 2.75) is 19.4 Å². The quantitative estimate of drug-likeness (QED) is 0.769. The summed E-state index contributed by atoms with van der Waals surface area (Å²) in [7, 11) is 0. The molecule has 0 saturated carbocycles. The first-order valence-corrected chi connectivity index (χ1v) is 6.72. The SMILES string of the molecule is C[C@H]1Cc2ccccc2N1C(=O)c1ccccc1Cl. The standard InChI is InChI=1S/C16H14ClNO/c1-11-10-12-6-2-5-9-15(12)18(11)16(19)13-7-3-4-8-14(13)17/h2-9,11H,10H2,1H3/t11-/m0/s1. The summed E-state index contributed by atoms with van der Waals surface area (Å²) in [5.41, 5.74) is 2.78. The fourth-order valence-electron chi connectivity index (χ4n) is 2.64. The van der Waals surface area contributed by atoms with Gasteiger partial charge in [0.05, 0.1) is 10.6 Å². The van der Waals surface area contributed by atoms with E-state index in [0.717, 1.165) is 12.1 Å². The minimum absolute atomic E-state index is 0.0250. The minimum Gasteiger partial charge on any atom is -0.305 e. The highest BCUT2D eigenvalue weighted by Gasteiger charge is 2.31. The molecular weight excluding hydrogens is 258 g/mol. The highest BCUT2D eigenvalue weighted by molar-refractivity contribution is 6.34. The smallest absolute Gasteiger partial charge is 0.260 e. The molecule has 1 heterocycles. The van der Waals surface area contributed by atoms with Gasteiger partial charge in [-0.05, 0) is 37.1 Å². The molecule has 1 atom stereocenters. The average molecular weight is 272 g/mol. The summed E-state index contributed by atoms with van der Waals surface area (Å²) in [6, 6.07) is 15.4. The fraction of sp³-hybridized carbons (Fsp3) is 0.188. The molecule has 0 fully saturated rings. The molecule has 96 valence electrons. The van der Waals surface area contributed by atoms with E-state index in [0.29, 0.717) is 10.6 Å². The first-order chi connectivity index (χ1) is 9.18. The molecule has 1 aliphatic heterocycles. The number of amides is 1. The van der Waals surface area contributed by atoms with Crippen molar-refractivity contribution in [2.24, 2.45) is 0 Å². The van der Waals surface area contributed by atoms with Crippen LogP contribution in [0, 0.1) is 0 Å². The molecule has 0 spiro atoms. The summed E-state index contributed by atoms with van der Waals surface area (Å²) in [6.45, 7) is 2.06. The molecule has 1 aliphatic rings. The highest BCUT2D eigenvalue weighted by atomic mass is 35.5. The number of hydrogen-bond donors (Lipinski definition) is 0. The third-order valence-corrected chi connectivity index (χ3v) is 3.86. The van der Waals surface area contributed by atoms with Crippen molar-refractivity contribution in [3.63, 3.8) is 0 Å². The van der Waals surface area contributed by atoms with Crippen LogP contribution in [-0.2, 0) is 6.42 Å². The Bertz CT molecular complexity index is 638. The number of rotatable bonds is 1. The van der Waals surface area contributed by atoms with Gasteiger partial charge in [0.2, 0.25) is 0 Å². The molecule has 2 aromatic rings. The lowest BCUT2D eigenvalue weighted by Crippen LogP contribution is -2.35. The van der Waals surface area contributed by atoms with Gasteiger partial charge in [-0.2, -0.15) is 0 Å². The Morgan fingerprint density at radius 3 is 2.63 bits per heavy atom. The molecule has 3 rings (SSSR count). The first kappa shape index (κ1) is 12.2. The normalized spacial score (nSPS) is 17.4. The molecule has 0 saturated heterocycles. The molecule has 2 nitrogen and oxygen atoms in total. The van der Waals surface area contributed by atoms with Crippen LogP contribution in [0.1, 0.15) is 22.8 Å². The minimum atomic E-state index is -0.0250. The predicted molar refractivity (Wildman–Crippen MR) is 77.9 cm³/mol. The van der Waals surface area contributed by atoms with Gasteiger partial charge in [-0.3, -0.25) is 4.79 Å². The Labute approximate surface area is 117 Å². The van der Waals surface area contributed by atoms with E-state index < -0.39 is 0 Å². The molecule has 1 amide bonds. The van der Waals surface area contributed by atoms with Crippen LogP contribution in [0.3, 0.4) is 0 Å². The topological polar surface area (TPSA) is 20.3 Å². The van der Waals surface area contributed by atoms with Crippen LogP contribution in [0.5, 0.6) is 0 Å². The first-order valence-electron chi connectivity index (χ1n) is 6.34. The molecule has 3 heteroatoms. The zero-order valence-corrected chi connectivity index (χ0v) is 11.4. The summed E-state index contributed by atoms with van der Waals surface area (Å²) in [5.74, 6) is -0.0250. The van der Waals surface area contributed by atoms with E-state index in [1.54, 1.807) is 12.1 Å². The second-order valence-electron chi connectivity index (χ2n) is 4.84. The zero-order chi connectivity index (χ0) is 13.4. The Morgan fingerprint density at radius 1 is 1.16 bits per heavy atom. The third kappa shape index (κ3) is 2.02. The number of halogens is 1. The second-order valence-corrected chi connectivity index (χ2v) is 5.24. The average Bonchev–Trinajstić information content (AvgIpc) is 2.74. The van der Waals surface area contributed by atoms with Crippen LogP contribution in [-0.4, -0.2) is 11.9 Å². The summed E-state index contributed by atoms with van der Waals surface area (Å²) < 4.78 is 0. The lowest BCUT2D eigenvalue weighted by Gasteiger charge is -2.23. The van der Waals surface area contributed by atoms with Crippen molar-refractivity contribution < 1.29 is 4.79 Å². The van der Waals surface area contributed by atoms with E-state index in [-0.39, 0.29) is 11.9 Å². The Balaban J connectivity index is 2.03. The lowest BCUT2D eigenvalue weighted by atomic mass is 10.1. The summed E-state index contributed by atoms with van der Waals surface area (Å²) >= 11 is 6.12. The van der Waals surface area contributed by atoms with Gasteiger partial charge in [0, 0.05) is 11.7 Å². The summed E-state index contributed by atoms with van der Waals surface area (Å²) in [6.07, 6.45) is 0.895. The van der Waals surface area contributed by atoms with E-state index >= 15 is 0 Å². The van der Waals surface area contributed by atoms with Crippen LogP contribution in [0.2, 0.25) is 5.02 Å². The van der Waals surface area contributed by atoms with Gasteiger partial charge in [0.25, 0.3) is 5.91 Å². The summed E-state index contributed by atoms with van der Waals surface area (Å²) in [5, 5.41) is 0.504. The molecule has 0 aliphatic carbocycles. The van der Waals surface area contributed by atoms with E-state index in [9.17, 15) is 4.79 Å². The Kier molecular flexibility index (Phi) is 3.03. The predicted octanol–water partition coefficient (Wildman–Crippen LogP) is 3.93. The van der Waals surface area contributed by atoms with Crippen LogP contribution in [0.25, 0.3) is 0 Å². The van der Waals surface area contributed by atoms with Gasteiger partial charge in [-0.1, -0.05) is 41.9 Å². The van der Waals surface area contributed by atoms with Gasteiger partial charge < -0.3 is 4.90 Å². The van der Waals surface area contributed by atoms with Crippen LogP contribution < -0.4 is 4.90 Å². The third-order valence-electron chi connectivity index (χ3n) is 3.53. The van der Waals surface area contributed by atoms with Crippen LogP contribution in [0.15, 0.2) is 48.5 Å². The maximum absolute atomic E-state index is 12.7. The molecule has 0 aromatic heterocycles. The van der Waals surface area contributed by atoms with Crippen LogP contribution >= 0.6 is 11.6 Å². The van der Waals surface area contributed by atoms with Gasteiger partial charge >= 0.3 is 0 Å². The van der Waals surface area contributed by atoms with Crippen LogP contribution in [0.4, 0.5) is 5.69 Å². The molecule has 0 N–H and O–H groups in total. The number of hydrogen-bond acceptors (Lipinski definition) is 1. The van der Waals surface area contributed by atoms with Gasteiger partial charge in [-0.15, -0.1) is 0 Å². The molecule has 19 heavy (non-hydrogen) atoms. The molecule has 2 aromatic carbocycles. The molecule has 0 bridgehead atoms.